The summed E-state index contributed by atoms with van der Waals surface area (Å²) in [6.07, 6.45) is 3.95. The van der Waals surface area contributed by atoms with Crippen molar-refractivity contribution in [3.8, 4) is 0 Å². The molecule has 0 atom stereocenters. The lowest BCUT2D eigenvalue weighted by atomic mass is 10.2. The molecule has 1 heterocycles. The van der Waals surface area contributed by atoms with Crippen LogP contribution in [0.1, 0.15) is 15.9 Å². The van der Waals surface area contributed by atoms with Crippen molar-refractivity contribution in [1.82, 2.24) is 4.98 Å². The second-order valence-corrected chi connectivity index (χ2v) is 3.93. The molecule has 0 bridgehead atoms. The van der Waals surface area contributed by atoms with Crippen LogP contribution in [0.5, 0.6) is 0 Å². The first-order chi connectivity index (χ1) is 8.31. The Kier molecular flexibility index (Phi) is 3.73. The number of halogens is 1. The highest BCUT2D eigenvalue weighted by atomic mass is 35.5. The fraction of sp³-hybridized carbons (Fsp3) is 0.0769. The number of carbonyl (C=O) groups is 1. The molecule has 0 spiro atoms. The van der Waals surface area contributed by atoms with Crippen molar-refractivity contribution >= 4 is 23.6 Å². The molecule has 0 aliphatic rings. The largest absolute Gasteiger partial charge is 0.380 e. The molecule has 2 rings (SSSR count). The second-order valence-electron chi connectivity index (χ2n) is 3.53. The molecule has 0 aliphatic carbocycles. The molecule has 1 N–H and O–H groups in total. The van der Waals surface area contributed by atoms with Crippen LogP contribution >= 0.6 is 11.6 Å². The lowest BCUT2D eigenvalue weighted by Gasteiger charge is -2.09. The molecule has 4 heteroatoms. The zero-order chi connectivity index (χ0) is 12.1. The van der Waals surface area contributed by atoms with Gasteiger partial charge in [-0.25, -0.2) is 0 Å². The van der Waals surface area contributed by atoms with Crippen molar-refractivity contribution in [2.75, 3.05) is 5.32 Å². The van der Waals surface area contributed by atoms with Crippen molar-refractivity contribution in [3.05, 3.63) is 58.9 Å². The van der Waals surface area contributed by atoms with Gasteiger partial charge in [0.05, 0.1) is 5.56 Å². The first kappa shape index (κ1) is 11.6. The zero-order valence-electron chi connectivity index (χ0n) is 9.06. The molecule has 0 amide bonds. The van der Waals surface area contributed by atoms with Gasteiger partial charge in [-0.2, -0.15) is 0 Å². The highest BCUT2D eigenvalue weighted by Gasteiger charge is 2.02. The minimum atomic E-state index is 0.541. The van der Waals surface area contributed by atoms with Crippen LogP contribution < -0.4 is 5.32 Å². The zero-order valence-corrected chi connectivity index (χ0v) is 9.82. The molecule has 0 radical (unpaired) electrons. The molecule has 0 saturated carbocycles. The van der Waals surface area contributed by atoms with Gasteiger partial charge in [0.15, 0.2) is 6.29 Å². The van der Waals surface area contributed by atoms with Gasteiger partial charge in [-0.3, -0.25) is 9.78 Å². The Morgan fingerprint density at radius 1 is 1.29 bits per heavy atom. The Bertz CT molecular complexity index is 528. The molecule has 0 fully saturated rings. The van der Waals surface area contributed by atoms with E-state index in [0.717, 1.165) is 17.5 Å². The third kappa shape index (κ3) is 2.82. The van der Waals surface area contributed by atoms with E-state index in [1.807, 2.05) is 24.3 Å². The summed E-state index contributed by atoms with van der Waals surface area (Å²) in [5, 5.41) is 3.88. The number of hydrogen-bond acceptors (Lipinski definition) is 3. The lowest BCUT2D eigenvalue weighted by Crippen LogP contribution is -2.02. The van der Waals surface area contributed by atoms with E-state index in [1.54, 1.807) is 12.3 Å². The molecule has 0 saturated heterocycles. The Morgan fingerprint density at radius 2 is 2.12 bits per heavy atom. The van der Waals surface area contributed by atoms with Gasteiger partial charge in [0.1, 0.15) is 0 Å². The summed E-state index contributed by atoms with van der Waals surface area (Å²) in [4.78, 5) is 14.7. The van der Waals surface area contributed by atoms with E-state index >= 15 is 0 Å². The number of aldehydes is 1. The number of nitrogens with zero attached hydrogens (tertiary/aromatic N) is 1. The van der Waals surface area contributed by atoms with E-state index in [4.69, 9.17) is 11.6 Å². The molecule has 1 aromatic carbocycles. The summed E-state index contributed by atoms with van der Waals surface area (Å²) < 4.78 is 0. The van der Waals surface area contributed by atoms with Crippen LogP contribution in [-0.2, 0) is 6.54 Å². The number of hydrogen-bond donors (Lipinski definition) is 1. The Hall–Kier alpha value is -1.87. The summed E-state index contributed by atoms with van der Waals surface area (Å²) in [5.74, 6) is 0. The molecule has 86 valence electrons. The summed E-state index contributed by atoms with van der Waals surface area (Å²) in [5.41, 5.74) is 2.29. The van der Waals surface area contributed by atoms with Crippen molar-refractivity contribution in [1.29, 1.82) is 0 Å². The molecule has 17 heavy (non-hydrogen) atoms. The van der Waals surface area contributed by atoms with Crippen molar-refractivity contribution in [2.24, 2.45) is 0 Å². The van der Waals surface area contributed by atoms with Gasteiger partial charge in [-0.1, -0.05) is 29.8 Å². The quantitative estimate of drug-likeness (QED) is 0.843. The Labute approximate surface area is 104 Å². The Balaban J connectivity index is 2.13. The van der Waals surface area contributed by atoms with Gasteiger partial charge in [0.25, 0.3) is 0 Å². The first-order valence-electron chi connectivity index (χ1n) is 5.17. The monoisotopic (exact) mass is 246 g/mol. The Morgan fingerprint density at radius 3 is 2.88 bits per heavy atom. The van der Waals surface area contributed by atoms with Gasteiger partial charge in [0, 0.05) is 29.6 Å². The fourth-order valence-electron chi connectivity index (χ4n) is 1.49. The summed E-state index contributed by atoms with van der Waals surface area (Å²) in [7, 11) is 0. The maximum Gasteiger partial charge on any atom is 0.153 e. The number of nitrogens with one attached hydrogen (secondary N) is 1. The average Bonchev–Trinajstić information content (AvgIpc) is 2.38. The standard InChI is InChI=1S/C13H11ClN2O/c14-12-4-2-1-3-10(12)8-16-13-5-6-15-7-11(13)9-17/h1-7,9H,8H2,(H,15,16). The number of rotatable bonds is 4. The third-order valence-electron chi connectivity index (χ3n) is 2.41. The molecule has 0 aliphatic heterocycles. The minimum Gasteiger partial charge on any atom is -0.380 e. The lowest BCUT2D eigenvalue weighted by molar-refractivity contribution is 0.112. The van der Waals surface area contributed by atoms with E-state index in [-0.39, 0.29) is 0 Å². The number of carbonyl (C=O) groups excluding carboxylic acids is 1. The molecule has 2 aromatic rings. The molecule has 1 aromatic heterocycles. The van der Waals surface area contributed by atoms with Gasteiger partial charge in [0.2, 0.25) is 0 Å². The SMILES string of the molecule is O=Cc1cnccc1NCc1ccccc1Cl. The topological polar surface area (TPSA) is 42.0 Å². The van der Waals surface area contributed by atoms with Gasteiger partial charge in [-0.05, 0) is 17.7 Å². The normalized spacial score (nSPS) is 9.94. The highest BCUT2D eigenvalue weighted by molar-refractivity contribution is 6.31. The predicted octanol–water partition coefficient (Wildman–Crippen LogP) is 3.16. The first-order valence-corrected chi connectivity index (χ1v) is 5.55. The molecule has 0 unspecified atom stereocenters. The molecule has 3 nitrogen and oxygen atoms in total. The van der Waals surface area contributed by atoms with E-state index in [1.165, 1.54) is 6.20 Å². The molecular weight excluding hydrogens is 236 g/mol. The maximum atomic E-state index is 10.8. The van der Waals surface area contributed by atoms with Crippen LogP contribution in [-0.4, -0.2) is 11.3 Å². The third-order valence-corrected chi connectivity index (χ3v) is 2.77. The van der Waals surface area contributed by atoms with Crippen LogP contribution in [0.2, 0.25) is 5.02 Å². The van der Waals surface area contributed by atoms with Crippen LogP contribution in [0.4, 0.5) is 5.69 Å². The summed E-state index contributed by atoms with van der Waals surface area (Å²) in [6, 6.07) is 9.36. The van der Waals surface area contributed by atoms with Crippen molar-refractivity contribution in [3.63, 3.8) is 0 Å². The van der Waals surface area contributed by atoms with Gasteiger partial charge < -0.3 is 5.32 Å². The van der Waals surface area contributed by atoms with E-state index in [9.17, 15) is 4.79 Å². The highest BCUT2D eigenvalue weighted by Crippen LogP contribution is 2.18. The van der Waals surface area contributed by atoms with E-state index < -0.39 is 0 Å². The minimum absolute atomic E-state index is 0.541. The van der Waals surface area contributed by atoms with Crippen molar-refractivity contribution in [2.45, 2.75) is 6.54 Å². The average molecular weight is 247 g/mol. The maximum absolute atomic E-state index is 10.8. The van der Waals surface area contributed by atoms with Gasteiger partial charge in [-0.15, -0.1) is 0 Å². The van der Waals surface area contributed by atoms with Crippen LogP contribution in [0.15, 0.2) is 42.7 Å². The van der Waals surface area contributed by atoms with Gasteiger partial charge >= 0.3 is 0 Å². The smallest absolute Gasteiger partial charge is 0.153 e. The second kappa shape index (κ2) is 5.46. The van der Waals surface area contributed by atoms with E-state index in [2.05, 4.69) is 10.3 Å². The van der Waals surface area contributed by atoms with Crippen LogP contribution in [0.25, 0.3) is 0 Å². The van der Waals surface area contributed by atoms with E-state index in [0.29, 0.717) is 17.1 Å². The number of benzene rings is 1. The molecular formula is C13H11ClN2O. The number of anilines is 1. The fourth-order valence-corrected chi connectivity index (χ4v) is 1.70. The predicted molar refractivity (Wildman–Crippen MR) is 68.4 cm³/mol. The summed E-state index contributed by atoms with van der Waals surface area (Å²) >= 11 is 6.04. The van der Waals surface area contributed by atoms with Crippen LogP contribution in [0.3, 0.4) is 0 Å². The summed E-state index contributed by atoms with van der Waals surface area (Å²) in [6.45, 7) is 0.574. The number of aromatic nitrogens is 1. The van der Waals surface area contributed by atoms with Crippen LogP contribution in [0, 0.1) is 0 Å². The number of pyridine rings is 1. The van der Waals surface area contributed by atoms with Crippen molar-refractivity contribution < 1.29 is 4.79 Å².